The quantitative estimate of drug-likeness (QED) is 0.891. The summed E-state index contributed by atoms with van der Waals surface area (Å²) in [6, 6.07) is 5.24. The molecule has 1 aromatic rings. The van der Waals surface area contributed by atoms with E-state index in [9.17, 15) is 4.39 Å². The molecule has 0 radical (unpaired) electrons. The van der Waals surface area contributed by atoms with Crippen LogP contribution in [0.3, 0.4) is 0 Å². The van der Waals surface area contributed by atoms with Gasteiger partial charge in [-0.05, 0) is 44.6 Å². The predicted octanol–water partition coefficient (Wildman–Crippen LogP) is 2.22. The van der Waals surface area contributed by atoms with Gasteiger partial charge in [-0.25, -0.2) is 4.39 Å². The number of piperazine rings is 1. The number of benzene rings is 1. The minimum Gasteiger partial charge on any atom is -0.382 e. The third-order valence-corrected chi connectivity index (χ3v) is 4.94. The van der Waals surface area contributed by atoms with E-state index in [1.807, 2.05) is 0 Å². The predicted molar refractivity (Wildman–Crippen MR) is 88.9 cm³/mol. The molecule has 0 amide bonds. The molecule has 3 rings (SSSR count). The Labute approximate surface area is 136 Å². The van der Waals surface area contributed by atoms with Gasteiger partial charge >= 0.3 is 0 Å². The molecule has 2 unspecified atom stereocenters. The number of hydrogen-bond acceptors (Lipinski definition) is 4. The maximum atomic E-state index is 13.2. The van der Waals surface area contributed by atoms with Crippen molar-refractivity contribution in [2.45, 2.75) is 25.0 Å². The summed E-state index contributed by atoms with van der Waals surface area (Å²) in [6.45, 7) is 5.49. The largest absolute Gasteiger partial charge is 0.382 e. The third-order valence-electron chi connectivity index (χ3n) is 4.65. The van der Waals surface area contributed by atoms with Gasteiger partial charge in [-0.2, -0.15) is 0 Å². The van der Waals surface area contributed by atoms with Crippen molar-refractivity contribution in [3.8, 4) is 0 Å². The van der Waals surface area contributed by atoms with Crippen molar-refractivity contribution >= 4 is 17.3 Å². The van der Waals surface area contributed by atoms with E-state index in [0.29, 0.717) is 12.2 Å². The van der Waals surface area contributed by atoms with E-state index in [-0.39, 0.29) is 10.8 Å². The molecule has 0 saturated carbocycles. The normalized spacial score (nSPS) is 27.8. The minimum atomic E-state index is -0.368. The van der Waals surface area contributed by atoms with Crippen LogP contribution >= 0.6 is 11.6 Å². The molecule has 2 aliphatic heterocycles. The molecule has 0 aromatic heterocycles. The minimum absolute atomic E-state index is 0.176. The summed E-state index contributed by atoms with van der Waals surface area (Å²) in [7, 11) is 2.17. The summed E-state index contributed by atoms with van der Waals surface area (Å²) >= 11 is 5.86. The molecular formula is C16H24ClFN4. The van der Waals surface area contributed by atoms with Crippen LogP contribution in [0, 0.1) is 5.82 Å². The lowest BCUT2D eigenvalue weighted by Gasteiger charge is -2.42. The van der Waals surface area contributed by atoms with E-state index >= 15 is 0 Å². The van der Waals surface area contributed by atoms with Crippen LogP contribution < -0.4 is 10.6 Å². The van der Waals surface area contributed by atoms with Gasteiger partial charge in [-0.1, -0.05) is 11.6 Å². The lowest BCUT2D eigenvalue weighted by molar-refractivity contribution is 0.0766. The van der Waals surface area contributed by atoms with Crippen molar-refractivity contribution in [1.82, 2.24) is 15.1 Å². The van der Waals surface area contributed by atoms with Crippen molar-refractivity contribution in [3.05, 3.63) is 29.0 Å². The van der Waals surface area contributed by atoms with Gasteiger partial charge in [0.2, 0.25) is 0 Å². The smallest absolute Gasteiger partial charge is 0.141 e. The molecule has 0 spiro atoms. The van der Waals surface area contributed by atoms with Crippen LogP contribution in [0.2, 0.25) is 5.02 Å². The van der Waals surface area contributed by atoms with Crippen molar-refractivity contribution < 1.29 is 4.39 Å². The zero-order chi connectivity index (χ0) is 15.5. The first-order valence-corrected chi connectivity index (χ1v) is 8.37. The Morgan fingerprint density at radius 3 is 2.77 bits per heavy atom. The van der Waals surface area contributed by atoms with E-state index in [2.05, 4.69) is 27.5 Å². The number of hydrogen-bond donors (Lipinski definition) is 2. The third kappa shape index (κ3) is 3.90. The molecule has 2 heterocycles. The first kappa shape index (κ1) is 16.0. The average Bonchev–Trinajstić information content (AvgIpc) is 2.52. The molecule has 2 N–H and O–H groups in total. The average molecular weight is 327 g/mol. The zero-order valence-electron chi connectivity index (χ0n) is 13.0. The second kappa shape index (κ2) is 7.13. The molecule has 2 fully saturated rings. The number of nitrogens with one attached hydrogen (secondary N) is 2. The van der Waals surface area contributed by atoms with Gasteiger partial charge in [0.1, 0.15) is 5.82 Å². The Balaban J connectivity index is 1.57. The molecule has 4 nitrogen and oxygen atoms in total. The van der Waals surface area contributed by atoms with E-state index in [1.165, 1.54) is 6.07 Å². The van der Waals surface area contributed by atoms with Gasteiger partial charge in [-0.3, -0.25) is 4.90 Å². The Bertz CT molecular complexity index is 505. The summed E-state index contributed by atoms with van der Waals surface area (Å²) < 4.78 is 13.2. The fraction of sp³-hybridized carbons (Fsp3) is 0.625. The van der Waals surface area contributed by atoms with Crippen LogP contribution in [0.25, 0.3) is 0 Å². The van der Waals surface area contributed by atoms with Crippen LogP contribution in [-0.2, 0) is 0 Å². The van der Waals surface area contributed by atoms with Crippen molar-refractivity contribution in [3.63, 3.8) is 0 Å². The second-order valence-corrected chi connectivity index (χ2v) is 6.71. The zero-order valence-corrected chi connectivity index (χ0v) is 13.7. The van der Waals surface area contributed by atoms with Crippen molar-refractivity contribution in [2.75, 3.05) is 45.1 Å². The number of likely N-dealkylation sites (N-methyl/N-ethyl adjacent to an activating group) is 1. The monoisotopic (exact) mass is 326 g/mol. The highest BCUT2D eigenvalue weighted by molar-refractivity contribution is 6.31. The lowest BCUT2D eigenvalue weighted by Crippen LogP contribution is -2.57. The van der Waals surface area contributed by atoms with Gasteiger partial charge < -0.3 is 15.5 Å². The van der Waals surface area contributed by atoms with Crippen LogP contribution in [0.1, 0.15) is 12.8 Å². The summed E-state index contributed by atoms with van der Waals surface area (Å²) in [6.07, 6.45) is 2.55. The number of rotatable bonds is 3. The summed E-state index contributed by atoms with van der Waals surface area (Å²) in [4.78, 5) is 4.90. The molecule has 0 aliphatic carbocycles. The van der Waals surface area contributed by atoms with Gasteiger partial charge in [-0.15, -0.1) is 0 Å². The molecule has 1 aromatic carbocycles. The number of anilines is 1. The maximum Gasteiger partial charge on any atom is 0.141 e. The molecule has 6 heteroatoms. The fourth-order valence-electron chi connectivity index (χ4n) is 3.26. The summed E-state index contributed by atoms with van der Waals surface area (Å²) in [5, 5.41) is 7.30. The van der Waals surface area contributed by atoms with E-state index in [1.54, 1.807) is 12.1 Å². The highest BCUT2D eigenvalue weighted by atomic mass is 35.5. The molecular weight excluding hydrogens is 303 g/mol. The van der Waals surface area contributed by atoms with Gasteiger partial charge in [0, 0.05) is 37.9 Å². The first-order valence-electron chi connectivity index (χ1n) is 7.99. The Hall–Kier alpha value is -0.880. The molecule has 0 bridgehead atoms. The first-order chi connectivity index (χ1) is 10.6. The van der Waals surface area contributed by atoms with Crippen LogP contribution in [0.15, 0.2) is 18.2 Å². The SMILES string of the molecule is CN1CCN(C2CC(Nc3ccc(F)c(Cl)c3)CCN2)CC1. The Morgan fingerprint density at radius 1 is 1.27 bits per heavy atom. The highest BCUT2D eigenvalue weighted by Crippen LogP contribution is 2.23. The van der Waals surface area contributed by atoms with Gasteiger partial charge in [0.25, 0.3) is 0 Å². The molecule has 2 aliphatic rings. The molecule has 122 valence electrons. The second-order valence-electron chi connectivity index (χ2n) is 6.30. The van der Waals surface area contributed by atoms with Gasteiger partial charge in [0.15, 0.2) is 0 Å². The van der Waals surface area contributed by atoms with E-state index in [4.69, 9.17) is 11.6 Å². The number of nitrogens with zero attached hydrogens (tertiary/aromatic N) is 2. The van der Waals surface area contributed by atoms with E-state index < -0.39 is 0 Å². The summed E-state index contributed by atoms with van der Waals surface area (Å²) in [5.41, 5.74) is 0.899. The molecule has 2 saturated heterocycles. The lowest BCUT2D eigenvalue weighted by atomic mass is 10.0. The highest BCUT2D eigenvalue weighted by Gasteiger charge is 2.28. The van der Waals surface area contributed by atoms with Crippen LogP contribution in [0.5, 0.6) is 0 Å². The molecule has 2 atom stereocenters. The van der Waals surface area contributed by atoms with Crippen molar-refractivity contribution in [2.24, 2.45) is 0 Å². The Morgan fingerprint density at radius 2 is 2.05 bits per heavy atom. The van der Waals surface area contributed by atoms with Gasteiger partial charge in [0.05, 0.1) is 11.2 Å². The summed E-state index contributed by atoms with van der Waals surface area (Å²) in [5.74, 6) is -0.368. The maximum absolute atomic E-state index is 13.2. The van der Waals surface area contributed by atoms with Crippen LogP contribution in [-0.4, -0.2) is 61.8 Å². The molecule has 22 heavy (non-hydrogen) atoms. The van der Waals surface area contributed by atoms with Crippen LogP contribution in [0.4, 0.5) is 10.1 Å². The van der Waals surface area contributed by atoms with Crippen molar-refractivity contribution in [1.29, 1.82) is 0 Å². The standard InChI is InChI=1S/C16H24ClFN4/c1-21-6-8-22(9-7-21)16-11-13(4-5-19-16)20-12-2-3-15(18)14(17)10-12/h2-3,10,13,16,19-20H,4-9,11H2,1H3. The number of piperidine rings is 1. The number of halogens is 2. The Kier molecular flexibility index (Phi) is 5.18. The topological polar surface area (TPSA) is 30.5 Å². The van der Waals surface area contributed by atoms with E-state index in [0.717, 1.165) is 51.3 Å². The fourth-order valence-corrected chi connectivity index (χ4v) is 3.44.